The lowest BCUT2D eigenvalue weighted by molar-refractivity contribution is -0.132. The molecule has 1 aliphatic rings. The van der Waals surface area contributed by atoms with Gasteiger partial charge in [-0.1, -0.05) is 0 Å². The number of rotatable bonds is 2. The number of carbonyl (C=O) groups excluding carboxylic acids is 1. The van der Waals surface area contributed by atoms with Crippen LogP contribution in [0.4, 0.5) is 5.95 Å². The molecule has 5 nitrogen and oxygen atoms in total. The second-order valence-corrected chi connectivity index (χ2v) is 4.18. The number of aryl methyl sites for hydroxylation is 1. The Labute approximate surface area is 94.9 Å². The number of carbonyl (C=O) groups is 1. The van der Waals surface area contributed by atoms with Gasteiger partial charge in [-0.05, 0) is 19.4 Å². The number of piperidine rings is 1. The molecule has 0 radical (unpaired) electrons. The average Bonchev–Trinajstić information content (AvgIpc) is 2.24. The normalized spacial score (nSPS) is 21.0. The number of nitrogens with one attached hydrogen (secondary N) is 1. The highest BCUT2D eigenvalue weighted by Gasteiger charge is 2.22. The van der Waals surface area contributed by atoms with E-state index in [1.807, 2.05) is 20.0 Å². The second kappa shape index (κ2) is 4.47. The van der Waals surface area contributed by atoms with Crippen molar-refractivity contribution in [1.29, 1.82) is 0 Å². The van der Waals surface area contributed by atoms with E-state index in [4.69, 9.17) is 0 Å². The number of nitrogens with zero attached hydrogens (tertiary/aromatic N) is 3. The van der Waals surface area contributed by atoms with E-state index in [0.29, 0.717) is 12.4 Å². The van der Waals surface area contributed by atoms with Crippen molar-refractivity contribution in [3.63, 3.8) is 0 Å². The van der Waals surface area contributed by atoms with Crippen LogP contribution in [0.15, 0.2) is 12.3 Å². The summed E-state index contributed by atoms with van der Waals surface area (Å²) >= 11 is 0. The summed E-state index contributed by atoms with van der Waals surface area (Å²) in [5.41, 5.74) is 0.942. The van der Waals surface area contributed by atoms with Gasteiger partial charge in [-0.25, -0.2) is 9.97 Å². The van der Waals surface area contributed by atoms with Crippen LogP contribution >= 0.6 is 0 Å². The lowest BCUT2D eigenvalue weighted by Crippen LogP contribution is -2.43. The first-order valence-electron chi connectivity index (χ1n) is 5.45. The van der Waals surface area contributed by atoms with Crippen LogP contribution < -0.4 is 5.32 Å². The maximum Gasteiger partial charge on any atom is 0.223 e. The Balaban J connectivity index is 1.98. The average molecular weight is 220 g/mol. The highest BCUT2D eigenvalue weighted by atomic mass is 16.2. The molecule has 1 unspecified atom stereocenters. The molecule has 2 heterocycles. The minimum Gasteiger partial charge on any atom is -0.350 e. The molecule has 5 heteroatoms. The predicted octanol–water partition coefficient (Wildman–Crippen LogP) is 0.818. The minimum atomic E-state index is 0.211. The SMILES string of the molecule is Cc1ccnc(NC2CCC(=O)N(C)C2)n1. The first-order chi connectivity index (χ1) is 7.65. The van der Waals surface area contributed by atoms with Crippen LogP contribution in [-0.4, -0.2) is 40.4 Å². The van der Waals surface area contributed by atoms with Gasteiger partial charge in [0.1, 0.15) is 0 Å². The molecule has 0 bridgehead atoms. The topological polar surface area (TPSA) is 58.1 Å². The van der Waals surface area contributed by atoms with Crippen LogP contribution in [0.5, 0.6) is 0 Å². The van der Waals surface area contributed by atoms with Crippen molar-refractivity contribution in [2.75, 3.05) is 18.9 Å². The first-order valence-corrected chi connectivity index (χ1v) is 5.45. The standard InChI is InChI=1S/C11H16N4O/c1-8-5-6-12-11(13-8)14-9-3-4-10(16)15(2)7-9/h5-6,9H,3-4,7H2,1-2H3,(H,12,13,14). The van der Waals surface area contributed by atoms with Gasteiger partial charge in [-0.2, -0.15) is 0 Å². The summed E-state index contributed by atoms with van der Waals surface area (Å²) in [6.07, 6.45) is 3.18. The number of aromatic nitrogens is 2. The molecule has 1 fully saturated rings. The van der Waals surface area contributed by atoms with Crippen LogP contribution in [0.2, 0.25) is 0 Å². The Morgan fingerprint density at radius 3 is 3.06 bits per heavy atom. The monoisotopic (exact) mass is 220 g/mol. The summed E-state index contributed by atoms with van der Waals surface area (Å²) < 4.78 is 0. The lowest BCUT2D eigenvalue weighted by Gasteiger charge is -2.30. The van der Waals surface area contributed by atoms with Gasteiger partial charge in [-0.3, -0.25) is 4.79 Å². The van der Waals surface area contributed by atoms with Crippen LogP contribution in [0.1, 0.15) is 18.5 Å². The number of likely N-dealkylation sites (tertiary alicyclic amines) is 1. The Morgan fingerprint density at radius 2 is 2.38 bits per heavy atom. The first kappa shape index (κ1) is 10.9. The summed E-state index contributed by atoms with van der Waals surface area (Å²) in [4.78, 5) is 21.5. The van der Waals surface area contributed by atoms with E-state index < -0.39 is 0 Å². The molecular weight excluding hydrogens is 204 g/mol. The Bertz CT molecular complexity index is 393. The van der Waals surface area contributed by atoms with Gasteiger partial charge >= 0.3 is 0 Å². The van der Waals surface area contributed by atoms with E-state index in [1.54, 1.807) is 11.1 Å². The highest BCUT2D eigenvalue weighted by Crippen LogP contribution is 2.13. The summed E-state index contributed by atoms with van der Waals surface area (Å²) in [6, 6.07) is 2.12. The van der Waals surface area contributed by atoms with Crippen LogP contribution in [0, 0.1) is 6.92 Å². The molecule has 16 heavy (non-hydrogen) atoms. The summed E-state index contributed by atoms with van der Waals surface area (Å²) in [6.45, 7) is 2.65. The third kappa shape index (κ3) is 2.48. The molecule has 1 amide bonds. The number of amides is 1. The predicted molar refractivity (Wildman–Crippen MR) is 61.1 cm³/mol. The van der Waals surface area contributed by atoms with Crippen molar-refractivity contribution >= 4 is 11.9 Å². The second-order valence-electron chi connectivity index (χ2n) is 4.18. The molecule has 1 aromatic heterocycles. The number of likely N-dealkylation sites (N-methyl/N-ethyl adjacent to an activating group) is 1. The Kier molecular flexibility index (Phi) is 3.03. The molecule has 0 aliphatic carbocycles. The van der Waals surface area contributed by atoms with Gasteiger partial charge in [0.05, 0.1) is 0 Å². The molecule has 86 valence electrons. The van der Waals surface area contributed by atoms with Crippen molar-refractivity contribution in [3.8, 4) is 0 Å². The van der Waals surface area contributed by atoms with Gasteiger partial charge in [0.25, 0.3) is 0 Å². The van der Waals surface area contributed by atoms with E-state index in [2.05, 4.69) is 15.3 Å². The Morgan fingerprint density at radius 1 is 1.56 bits per heavy atom. The smallest absolute Gasteiger partial charge is 0.223 e. The van der Waals surface area contributed by atoms with E-state index in [-0.39, 0.29) is 11.9 Å². The van der Waals surface area contributed by atoms with Crippen LogP contribution in [0.25, 0.3) is 0 Å². The molecule has 1 atom stereocenters. The van der Waals surface area contributed by atoms with E-state index >= 15 is 0 Å². The zero-order valence-electron chi connectivity index (χ0n) is 9.60. The van der Waals surface area contributed by atoms with Crippen molar-refractivity contribution in [2.45, 2.75) is 25.8 Å². The van der Waals surface area contributed by atoms with Gasteiger partial charge in [0.2, 0.25) is 11.9 Å². The molecule has 1 saturated heterocycles. The van der Waals surface area contributed by atoms with Crippen LogP contribution in [0.3, 0.4) is 0 Å². The highest BCUT2D eigenvalue weighted by molar-refractivity contribution is 5.76. The van der Waals surface area contributed by atoms with Gasteiger partial charge in [0.15, 0.2) is 0 Å². The summed E-state index contributed by atoms with van der Waals surface area (Å²) in [5, 5.41) is 3.26. The molecule has 1 aromatic rings. The molecule has 0 spiro atoms. The summed E-state index contributed by atoms with van der Waals surface area (Å²) in [7, 11) is 1.83. The number of hydrogen-bond donors (Lipinski definition) is 1. The molecule has 2 rings (SSSR count). The summed E-state index contributed by atoms with van der Waals surface area (Å²) in [5.74, 6) is 0.857. The van der Waals surface area contributed by atoms with Crippen molar-refractivity contribution in [2.24, 2.45) is 0 Å². The number of anilines is 1. The minimum absolute atomic E-state index is 0.211. The lowest BCUT2D eigenvalue weighted by atomic mass is 10.1. The zero-order chi connectivity index (χ0) is 11.5. The molecule has 0 aromatic carbocycles. The fraction of sp³-hybridized carbons (Fsp3) is 0.545. The Hall–Kier alpha value is -1.65. The number of hydrogen-bond acceptors (Lipinski definition) is 4. The maximum atomic E-state index is 11.3. The van der Waals surface area contributed by atoms with Crippen LogP contribution in [-0.2, 0) is 4.79 Å². The molecule has 1 aliphatic heterocycles. The quantitative estimate of drug-likeness (QED) is 0.801. The zero-order valence-corrected chi connectivity index (χ0v) is 9.60. The maximum absolute atomic E-state index is 11.3. The fourth-order valence-electron chi connectivity index (χ4n) is 1.83. The van der Waals surface area contributed by atoms with E-state index in [0.717, 1.165) is 18.7 Å². The van der Waals surface area contributed by atoms with Gasteiger partial charge < -0.3 is 10.2 Å². The van der Waals surface area contributed by atoms with Gasteiger partial charge in [-0.15, -0.1) is 0 Å². The fourth-order valence-corrected chi connectivity index (χ4v) is 1.83. The molecular formula is C11H16N4O. The van der Waals surface area contributed by atoms with Crippen molar-refractivity contribution < 1.29 is 4.79 Å². The van der Waals surface area contributed by atoms with Gasteiger partial charge in [0, 0.05) is 37.9 Å². The van der Waals surface area contributed by atoms with Crippen molar-refractivity contribution in [3.05, 3.63) is 18.0 Å². The largest absolute Gasteiger partial charge is 0.350 e. The van der Waals surface area contributed by atoms with E-state index in [1.165, 1.54) is 0 Å². The third-order valence-electron chi connectivity index (χ3n) is 2.75. The molecule has 0 saturated carbocycles. The third-order valence-corrected chi connectivity index (χ3v) is 2.75. The van der Waals surface area contributed by atoms with Crippen molar-refractivity contribution in [1.82, 2.24) is 14.9 Å². The molecule has 1 N–H and O–H groups in total. The van der Waals surface area contributed by atoms with E-state index in [9.17, 15) is 4.79 Å².